The Hall–Kier alpha value is -2.94. The number of rotatable bonds is 3. The lowest BCUT2D eigenvalue weighted by Crippen LogP contribution is -2.32. The molecule has 3 aromatic carbocycles. The van der Waals surface area contributed by atoms with Gasteiger partial charge in [-0.25, -0.2) is 9.18 Å². The first-order valence-corrected chi connectivity index (χ1v) is 8.67. The highest BCUT2D eigenvalue weighted by atomic mass is 19.1. The molecule has 1 aliphatic carbocycles. The molecule has 3 heteroatoms. The van der Waals surface area contributed by atoms with Gasteiger partial charge in [0, 0.05) is 23.1 Å². The molecule has 1 unspecified atom stereocenters. The van der Waals surface area contributed by atoms with Gasteiger partial charge in [-0.3, -0.25) is 0 Å². The van der Waals surface area contributed by atoms with Crippen LogP contribution in [0.15, 0.2) is 72.8 Å². The van der Waals surface area contributed by atoms with E-state index in [1.807, 2.05) is 48.5 Å². The molecule has 0 saturated carbocycles. The lowest BCUT2D eigenvalue weighted by Gasteiger charge is -2.31. The number of carbonyl (C=O) groups excluding carboxylic acids is 1. The third-order valence-corrected chi connectivity index (χ3v) is 5.11. The van der Waals surface area contributed by atoms with Crippen molar-refractivity contribution in [2.45, 2.75) is 25.4 Å². The van der Waals surface area contributed by atoms with E-state index < -0.39 is 11.6 Å². The maximum Gasteiger partial charge on any atom is 0.334 e. The summed E-state index contributed by atoms with van der Waals surface area (Å²) in [5.41, 5.74) is 1.54. The van der Waals surface area contributed by atoms with Gasteiger partial charge in [0.25, 0.3) is 0 Å². The fraction of sp³-hybridized carbons (Fsp3) is 0.174. The van der Waals surface area contributed by atoms with Crippen molar-refractivity contribution in [3.05, 3.63) is 95.3 Å². The van der Waals surface area contributed by atoms with E-state index in [0.717, 1.165) is 21.9 Å². The summed E-state index contributed by atoms with van der Waals surface area (Å²) in [7, 11) is 0. The number of esters is 1. The van der Waals surface area contributed by atoms with Gasteiger partial charge in [-0.05, 0) is 41.8 Å². The van der Waals surface area contributed by atoms with Gasteiger partial charge in [-0.15, -0.1) is 0 Å². The van der Waals surface area contributed by atoms with Crippen molar-refractivity contribution in [3.8, 4) is 0 Å². The van der Waals surface area contributed by atoms with Gasteiger partial charge >= 0.3 is 5.97 Å². The van der Waals surface area contributed by atoms with E-state index >= 15 is 0 Å². The van der Waals surface area contributed by atoms with Crippen molar-refractivity contribution in [2.75, 3.05) is 0 Å². The molecule has 26 heavy (non-hydrogen) atoms. The van der Waals surface area contributed by atoms with E-state index in [1.54, 1.807) is 13.0 Å². The van der Waals surface area contributed by atoms with Crippen LogP contribution in [0.4, 0.5) is 4.39 Å². The Bertz CT molecular complexity index is 1040. The lowest BCUT2D eigenvalue weighted by atomic mass is 9.86. The smallest absolute Gasteiger partial charge is 0.334 e. The number of benzene rings is 3. The predicted molar refractivity (Wildman–Crippen MR) is 100 cm³/mol. The quantitative estimate of drug-likeness (QED) is 0.476. The fourth-order valence-corrected chi connectivity index (χ4v) is 3.78. The SMILES string of the molecule is C=C(C)C(=O)OC1(c2ccc3ccccc3c2)CCc2c(F)cccc21. The Labute approximate surface area is 151 Å². The van der Waals surface area contributed by atoms with Crippen LogP contribution in [0.5, 0.6) is 0 Å². The molecule has 0 heterocycles. The topological polar surface area (TPSA) is 26.3 Å². The molecular weight excluding hydrogens is 327 g/mol. The summed E-state index contributed by atoms with van der Waals surface area (Å²) in [4.78, 5) is 12.4. The van der Waals surface area contributed by atoms with E-state index in [2.05, 4.69) is 6.58 Å². The molecule has 0 spiro atoms. The van der Waals surface area contributed by atoms with Crippen LogP contribution < -0.4 is 0 Å². The standard InChI is InChI=1S/C23H19FO2/c1-15(2)22(25)26-23(13-12-19-20(23)8-5-9-21(19)24)18-11-10-16-6-3-4-7-17(16)14-18/h3-11,14H,1,12-13H2,2H3. The van der Waals surface area contributed by atoms with Crippen LogP contribution in [0.3, 0.4) is 0 Å². The lowest BCUT2D eigenvalue weighted by molar-refractivity contribution is -0.151. The third kappa shape index (κ3) is 2.51. The van der Waals surface area contributed by atoms with Gasteiger partial charge in [-0.1, -0.05) is 55.1 Å². The van der Waals surface area contributed by atoms with E-state index in [9.17, 15) is 9.18 Å². The molecule has 3 aromatic rings. The Morgan fingerprint density at radius 1 is 1.08 bits per heavy atom. The second kappa shape index (κ2) is 6.10. The van der Waals surface area contributed by atoms with Gasteiger partial charge in [0.05, 0.1) is 0 Å². The van der Waals surface area contributed by atoms with Crippen LogP contribution in [0, 0.1) is 5.82 Å². The number of carbonyl (C=O) groups is 1. The first-order valence-electron chi connectivity index (χ1n) is 8.67. The van der Waals surface area contributed by atoms with E-state index in [-0.39, 0.29) is 5.82 Å². The normalized spacial score (nSPS) is 18.5. The molecule has 1 aliphatic rings. The van der Waals surface area contributed by atoms with E-state index in [0.29, 0.717) is 24.0 Å². The zero-order valence-electron chi connectivity index (χ0n) is 14.6. The summed E-state index contributed by atoms with van der Waals surface area (Å²) in [5.74, 6) is -0.716. The number of hydrogen-bond donors (Lipinski definition) is 0. The van der Waals surface area contributed by atoms with Gasteiger partial charge in [0.2, 0.25) is 0 Å². The summed E-state index contributed by atoms with van der Waals surface area (Å²) in [6.07, 6.45) is 1.04. The zero-order valence-corrected chi connectivity index (χ0v) is 14.6. The average Bonchev–Trinajstić information content (AvgIpc) is 3.02. The van der Waals surface area contributed by atoms with Crippen molar-refractivity contribution in [1.29, 1.82) is 0 Å². The second-order valence-corrected chi connectivity index (χ2v) is 6.82. The highest BCUT2D eigenvalue weighted by Crippen LogP contribution is 2.46. The maximum absolute atomic E-state index is 14.3. The summed E-state index contributed by atoms with van der Waals surface area (Å²) < 4.78 is 20.3. The van der Waals surface area contributed by atoms with Gasteiger partial charge in [0.1, 0.15) is 5.82 Å². The first kappa shape index (κ1) is 16.5. The molecule has 1 atom stereocenters. The van der Waals surface area contributed by atoms with Crippen LogP contribution in [-0.2, 0) is 21.6 Å². The van der Waals surface area contributed by atoms with Crippen LogP contribution in [0.2, 0.25) is 0 Å². The molecule has 2 nitrogen and oxygen atoms in total. The Kier molecular flexibility index (Phi) is 3.87. The molecular formula is C23H19FO2. The van der Waals surface area contributed by atoms with E-state index in [1.165, 1.54) is 6.07 Å². The molecule has 130 valence electrons. The Morgan fingerprint density at radius 3 is 2.62 bits per heavy atom. The van der Waals surface area contributed by atoms with Crippen molar-refractivity contribution in [2.24, 2.45) is 0 Å². The van der Waals surface area contributed by atoms with Crippen LogP contribution in [-0.4, -0.2) is 5.97 Å². The van der Waals surface area contributed by atoms with Crippen molar-refractivity contribution in [1.82, 2.24) is 0 Å². The molecule has 4 rings (SSSR count). The third-order valence-electron chi connectivity index (χ3n) is 5.11. The van der Waals surface area contributed by atoms with Gasteiger partial charge in [-0.2, -0.15) is 0 Å². The molecule has 0 aromatic heterocycles. The Balaban J connectivity index is 1.93. The minimum absolute atomic E-state index is 0.253. The highest BCUT2D eigenvalue weighted by Gasteiger charge is 2.45. The van der Waals surface area contributed by atoms with E-state index in [4.69, 9.17) is 4.74 Å². The van der Waals surface area contributed by atoms with Gasteiger partial charge < -0.3 is 4.74 Å². The Morgan fingerprint density at radius 2 is 1.85 bits per heavy atom. The van der Waals surface area contributed by atoms with Gasteiger partial charge in [0.15, 0.2) is 5.60 Å². The van der Waals surface area contributed by atoms with Crippen molar-refractivity contribution < 1.29 is 13.9 Å². The predicted octanol–water partition coefficient (Wildman–Crippen LogP) is 5.29. The monoisotopic (exact) mass is 346 g/mol. The first-order chi connectivity index (χ1) is 12.5. The molecule has 0 amide bonds. The maximum atomic E-state index is 14.3. The summed E-state index contributed by atoms with van der Waals surface area (Å²) in [6, 6.07) is 19.0. The molecule has 0 saturated heterocycles. The zero-order chi connectivity index (χ0) is 18.3. The minimum atomic E-state index is -0.989. The van der Waals surface area contributed by atoms with Crippen molar-refractivity contribution >= 4 is 16.7 Å². The molecule has 0 bridgehead atoms. The largest absolute Gasteiger partial charge is 0.446 e. The fourth-order valence-electron chi connectivity index (χ4n) is 3.78. The van der Waals surface area contributed by atoms with Crippen molar-refractivity contribution in [3.63, 3.8) is 0 Å². The van der Waals surface area contributed by atoms with Crippen LogP contribution in [0.25, 0.3) is 10.8 Å². The van der Waals surface area contributed by atoms with Crippen LogP contribution >= 0.6 is 0 Å². The van der Waals surface area contributed by atoms with Crippen LogP contribution in [0.1, 0.15) is 30.0 Å². The summed E-state index contributed by atoms with van der Waals surface area (Å²) >= 11 is 0. The highest BCUT2D eigenvalue weighted by molar-refractivity contribution is 5.88. The minimum Gasteiger partial charge on any atom is -0.446 e. The number of ether oxygens (including phenoxy) is 1. The molecule has 0 N–H and O–H groups in total. The summed E-state index contributed by atoms with van der Waals surface area (Å²) in [5, 5.41) is 2.16. The second-order valence-electron chi connectivity index (χ2n) is 6.82. The number of fused-ring (bicyclic) bond motifs is 2. The number of hydrogen-bond acceptors (Lipinski definition) is 2. The summed E-state index contributed by atoms with van der Waals surface area (Å²) in [6.45, 7) is 5.32. The molecule has 0 fully saturated rings. The molecule has 0 aliphatic heterocycles. The molecule has 0 radical (unpaired) electrons. The average molecular weight is 346 g/mol. The number of halogens is 1.